The maximum absolute atomic E-state index is 12.8. The first kappa shape index (κ1) is 9.12. The molecule has 3 nitrogen and oxygen atoms in total. The Morgan fingerprint density at radius 1 is 1.75 bits per heavy atom. The molecule has 0 unspecified atom stereocenters. The third-order valence-corrected chi connectivity index (χ3v) is 2.11. The predicted octanol–water partition coefficient (Wildman–Crippen LogP) is 1.99. The van der Waals surface area contributed by atoms with Gasteiger partial charge in [0.2, 0.25) is 0 Å². The smallest absolute Gasteiger partial charge is 0.357 e. The lowest BCUT2D eigenvalue weighted by atomic mass is 10.2. The molecule has 1 heterocycles. The van der Waals surface area contributed by atoms with Gasteiger partial charge in [0.15, 0.2) is 11.5 Å². The highest BCUT2D eigenvalue weighted by Crippen LogP contribution is 2.16. The summed E-state index contributed by atoms with van der Waals surface area (Å²) in [7, 11) is 0. The highest BCUT2D eigenvalue weighted by Gasteiger charge is 2.13. The largest absolute Gasteiger partial charge is 0.476 e. The van der Waals surface area contributed by atoms with E-state index in [0.29, 0.717) is 10.2 Å². The molecular weight excluding hydrogens is 229 g/mol. The van der Waals surface area contributed by atoms with Crippen molar-refractivity contribution in [2.75, 3.05) is 0 Å². The van der Waals surface area contributed by atoms with Crippen LogP contribution < -0.4 is 0 Å². The van der Waals surface area contributed by atoms with Crippen molar-refractivity contribution in [3.05, 3.63) is 27.7 Å². The maximum Gasteiger partial charge on any atom is 0.357 e. The van der Waals surface area contributed by atoms with Crippen LogP contribution in [0.3, 0.4) is 0 Å². The minimum atomic E-state index is -1.37. The van der Waals surface area contributed by atoms with Crippen molar-refractivity contribution in [1.82, 2.24) is 4.98 Å². The summed E-state index contributed by atoms with van der Waals surface area (Å²) in [5.74, 6) is -2.18. The van der Waals surface area contributed by atoms with Gasteiger partial charge in [-0.25, -0.2) is 14.2 Å². The average Bonchev–Trinajstić information content (AvgIpc) is 1.96. The molecule has 0 bridgehead atoms. The zero-order chi connectivity index (χ0) is 9.30. The highest BCUT2D eigenvalue weighted by molar-refractivity contribution is 9.10. The molecule has 1 aromatic rings. The third-order valence-electron chi connectivity index (χ3n) is 1.31. The lowest BCUT2D eigenvalue weighted by molar-refractivity contribution is 0.0684. The molecule has 1 N–H and O–H groups in total. The number of carbonyl (C=O) groups is 1. The van der Waals surface area contributed by atoms with E-state index in [0.717, 1.165) is 6.07 Å². The Balaban J connectivity index is 3.33. The van der Waals surface area contributed by atoms with Crippen molar-refractivity contribution in [2.45, 2.75) is 6.92 Å². The molecule has 64 valence electrons. The molecule has 5 heteroatoms. The van der Waals surface area contributed by atoms with Crippen LogP contribution in [0.1, 0.15) is 16.1 Å². The van der Waals surface area contributed by atoms with E-state index in [1.54, 1.807) is 6.92 Å². The molecule has 0 aliphatic heterocycles. The van der Waals surface area contributed by atoms with Gasteiger partial charge in [0.1, 0.15) is 4.60 Å². The molecule has 1 rings (SSSR count). The van der Waals surface area contributed by atoms with Crippen LogP contribution >= 0.6 is 15.9 Å². The van der Waals surface area contributed by atoms with Crippen molar-refractivity contribution < 1.29 is 14.3 Å². The van der Waals surface area contributed by atoms with Crippen LogP contribution in [0.5, 0.6) is 0 Å². The van der Waals surface area contributed by atoms with Crippen LogP contribution in [0.4, 0.5) is 4.39 Å². The standard InChI is InChI=1S/C7H5BrFNO2/c1-3-2-4(9)5(7(11)12)10-6(3)8/h2H,1H3,(H,11,12). The van der Waals surface area contributed by atoms with Gasteiger partial charge in [-0.05, 0) is 34.5 Å². The Bertz CT molecular complexity index is 340. The number of halogens is 2. The predicted molar refractivity (Wildman–Crippen MR) is 43.6 cm³/mol. The first-order valence-corrected chi connectivity index (χ1v) is 3.87. The fourth-order valence-electron chi connectivity index (χ4n) is 0.708. The van der Waals surface area contributed by atoms with E-state index in [1.165, 1.54) is 0 Å². The minimum absolute atomic E-state index is 0.348. The second-order valence-electron chi connectivity index (χ2n) is 2.23. The first-order valence-electron chi connectivity index (χ1n) is 3.08. The Kier molecular flexibility index (Phi) is 2.42. The molecule has 0 fully saturated rings. The van der Waals surface area contributed by atoms with Crippen LogP contribution in [0.25, 0.3) is 0 Å². The average molecular weight is 234 g/mol. The quantitative estimate of drug-likeness (QED) is 0.756. The number of hydrogen-bond donors (Lipinski definition) is 1. The van der Waals surface area contributed by atoms with E-state index in [9.17, 15) is 9.18 Å². The molecule has 0 saturated heterocycles. The van der Waals surface area contributed by atoms with E-state index < -0.39 is 17.5 Å². The molecule has 0 aliphatic carbocycles. The third kappa shape index (κ3) is 1.61. The molecule has 12 heavy (non-hydrogen) atoms. The van der Waals surface area contributed by atoms with Gasteiger partial charge < -0.3 is 5.11 Å². The SMILES string of the molecule is Cc1cc(F)c(C(=O)O)nc1Br. The minimum Gasteiger partial charge on any atom is -0.476 e. The van der Waals surface area contributed by atoms with Gasteiger partial charge in [-0.2, -0.15) is 0 Å². The van der Waals surface area contributed by atoms with Gasteiger partial charge in [0.25, 0.3) is 0 Å². The highest BCUT2D eigenvalue weighted by atomic mass is 79.9. The summed E-state index contributed by atoms with van der Waals surface area (Å²) < 4.78 is 13.2. The number of nitrogens with zero attached hydrogens (tertiary/aromatic N) is 1. The Labute approximate surface area is 76.4 Å². The molecule has 1 aromatic heterocycles. The van der Waals surface area contributed by atoms with Crippen molar-refractivity contribution in [1.29, 1.82) is 0 Å². The van der Waals surface area contributed by atoms with Crippen molar-refractivity contribution in [3.63, 3.8) is 0 Å². The van der Waals surface area contributed by atoms with Crippen LogP contribution in [-0.4, -0.2) is 16.1 Å². The van der Waals surface area contributed by atoms with E-state index >= 15 is 0 Å². The molecule has 0 aromatic carbocycles. The molecular formula is C7H5BrFNO2. The monoisotopic (exact) mass is 233 g/mol. The second-order valence-corrected chi connectivity index (χ2v) is 2.98. The van der Waals surface area contributed by atoms with Crippen LogP contribution in [0.15, 0.2) is 10.7 Å². The normalized spacial score (nSPS) is 9.92. The topological polar surface area (TPSA) is 50.2 Å². The summed E-state index contributed by atoms with van der Waals surface area (Å²) in [4.78, 5) is 13.9. The van der Waals surface area contributed by atoms with Gasteiger partial charge in [-0.1, -0.05) is 0 Å². The Hall–Kier alpha value is -0.970. The van der Waals surface area contributed by atoms with E-state index in [1.807, 2.05) is 0 Å². The lowest BCUT2D eigenvalue weighted by Gasteiger charge is -1.99. The lowest BCUT2D eigenvalue weighted by Crippen LogP contribution is -2.05. The molecule has 0 aliphatic rings. The number of rotatable bonds is 1. The van der Waals surface area contributed by atoms with Gasteiger partial charge in [0, 0.05) is 0 Å². The maximum atomic E-state index is 12.8. The summed E-state index contributed by atoms with van der Waals surface area (Å²) >= 11 is 3.01. The number of aromatic nitrogens is 1. The number of pyridine rings is 1. The van der Waals surface area contributed by atoms with Crippen LogP contribution in [-0.2, 0) is 0 Å². The number of carboxylic acids is 1. The molecule has 0 atom stereocenters. The fourth-order valence-corrected chi connectivity index (χ4v) is 0.999. The zero-order valence-electron chi connectivity index (χ0n) is 6.14. The molecule has 0 radical (unpaired) electrons. The summed E-state index contributed by atoms with van der Waals surface area (Å²) in [5.41, 5.74) is 0.00461. The van der Waals surface area contributed by atoms with Crippen molar-refractivity contribution in [2.24, 2.45) is 0 Å². The van der Waals surface area contributed by atoms with Gasteiger partial charge in [-0.15, -0.1) is 0 Å². The summed E-state index contributed by atoms with van der Waals surface area (Å²) in [5, 5.41) is 8.46. The van der Waals surface area contributed by atoms with E-state index in [4.69, 9.17) is 5.11 Å². The summed E-state index contributed by atoms with van der Waals surface area (Å²) in [6.07, 6.45) is 0. The van der Waals surface area contributed by atoms with Gasteiger partial charge in [-0.3, -0.25) is 0 Å². The van der Waals surface area contributed by atoms with E-state index in [2.05, 4.69) is 20.9 Å². The van der Waals surface area contributed by atoms with Crippen LogP contribution in [0, 0.1) is 12.7 Å². The fraction of sp³-hybridized carbons (Fsp3) is 0.143. The summed E-state index contributed by atoms with van der Waals surface area (Å²) in [6.45, 7) is 1.63. The van der Waals surface area contributed by atoms with E-state index in [-0.39, 0.29) is 0 Å². The molecule has 0 spiro atoms. The van der Waals surface area contributed by atoms with Gasteiger partial charge >= 0.3 is 5.97 Å². The van der Waals surface area contributed by atoms with Crippen molar-refractivity contribution in [3.8, 4) is 0 Å². The number of carboxylic acid groups (broad SMARTS) is 1. The first-order chi connectivity index (χ1) is 5.52. The van der Waals surface area contributed by atoms with Crippen molar-refractivity contribution >= 4 is 21.9 Å². The van der Waals surface area contributed by atoms with Gasteiger partial charge in [0.05, 0.1) is 0 Å². The molecule has 0 saturated carbocycles. The van der Waals surface area contributed by atoms with Crippen LogP contribution in [0.2, 0.25) is 0 Å². The Morgan fingerprint density at radius 2 is 2.33 bits per heavy atom. The molecule has 0 amide bonds. The summed E-state index contributed by atoms with van der Waals surface area (Å²) in [6, 6.07) is 1.13. The second kappa shape index (κ2) is 3.18. The Morgan fingerprint density at radius 3 is 2.83 bits per heavy atom. The number of aromatic carboxylic acids is 1. The number of aryl methyl sites for hydroxylation is 1. The number of hydrogen-bond acceptors (Lipinski definition) is 2. The zero-order valence-corrected chi connectivity index (χ0v) is 7.72.